The van der Waals surface area contributed by atoms with Crippen molar-refractivity contribution < 1.29 is 23.5 Å². The molecule has 2 rings (SSSR count). The molecule has 0 aliphatic heterocycles. The normalized spacial score (nSPS) is 12.5. The lowest BCUT2D eigenvalue weighted by Gasteiger charge is -2.21. The third-order valence-corrected chi connectivity index (χ3v) is 3.86. The summed E-state index contributed by atoms with van der Waals surface area (Å²) in [5.74, 6) is -0.709. The minimum Gasteiger partial charge on any atom is -0.444 e. The molecule has 0 saturated heterocycles. The predicted molar refractivity (Wildman–Crippen MR) is 101 cm³/mol. The first-order valence-corrected chi connectivity index (χ1v) is 8.85. The van der Waals surface area contributed by atoms with Crippen LogP contribution in [0.3, 0.4) is 0 Å². The van der Waals surface area contributed by atoms with Gasteiger partial charge in [0.1, 0.15) is 17.2 Å². The van der Waals surface area contributed by atoms with Crippen molar-refractivity contribution in [2.45, 2.75) is 52.7 Å². The molecule has 1 heterocycles. The van der Waals surface area contributed by atoms with Crippen LogP contribution in [0.4, 0.5) is 4.79 Å². The van der Waals surface area contributed by atoms with Gasteiger partial charge in [0.2, 0.25) is 0 Å². The Morgan fingerprint density at radius 3 is 2.52 bits per heavy atom. The van der Waals surface area contributed by atoms with Crippen LogP contribution in [0.2, 0.25) is 5.02 Å². The molecule has 0 saturated carbocycles. The number of amides is 1. The van der Waals surface area contributed by atoms with Gasteiger partial charge in [-0.15, -0.1) is 0 Å². The van der Waals surface area contributed by atoms with E-state index in [9.17, 15) is 14.4 Å². The number of fused-ring (bicyclic) bond motifs is 1. The largest absolute Gasteiger partial charge is 0.444 e. The first-order chi connectivity index (χ1) is 12.5. The number of hydrogen-bond acceptors (Lipinski definition) is 6. The second kappa shape index (κ2) is 8.00. The Labute approximate surface area is 161 Å². The van der Waals surface area contributed by atoms with Crippen LogP contribution in [0.5, 0.6) is 5.75 Å². The molecule has 27 heavy (non-hydrogen) atoms. The van der Waals surface area contributed by atoms with Gasteiger partial charge in [0, 0.05) is 17.5 Å². The van der Waals surface area contributed by atoms with Crippen LogP contribution < -0.4 is 15.7 Å². The lowest BCUT2D eigenvalue weighted by Crippen LogP contribution is -2.43. The number of hydrogen-bond donors (Lipinski definition) is 1. The number of nitrogens with one attached hydrogen (secondary N) is 1. The second-order valence-electron chi connectivity index (χ2n) is 7.01. The van der Waals surface area contributed by atoms with Crippen molar-refractivity contribution in [3.63, 3.8) is 0 Å². The molecular weight excluding hydrogens is 374 g/mol. The van der Waals surface area contributed by atoms with Crippen molar-refractivity contribution in [1.82, 2.24) is 5.32 Å². The van der Waals surface area contributed by atoms with Crippen LogP contribution in [0.15, 0.2) is 27.4 Å². The fraction of sp³-hybridized carbons (Fsp3) is 0.421. The Bertz CT molecular complexity index is 928. The molecule has 0 spiro atoms. The number of halogens is 1. The van der Waals surface area contributed by atoms with E-state index in [2.05, 4.69) is 5.32 Å². The zero-order valence-electron chi connectivity index (χ0n) is 15.8. The summed E-state index contributed by atoms with van der Waals surface area (Å²) >= 11 is 6.20. The van der Waals surface area contributed by atoms with Gasteiger partial charge in [0.25, 0.3) is 0 Å². The number of esters is 1. The van der Waals surface area contributed by atoms with Gasteiger partial charge in [-0.3, -0.25) is 0 Å². The maximum atomic E-state index is 12.2. The number of carbonyl (C=O) groups excluding carboxylic acids is 2. The van der Waals surface area contributed by atoms with Gasteiger partial charge in [-0.25, -0.2) is 14.4 Å². The van der Waals surface area contributed by atoms with E-state index < -0.39 is 29.3 Å². The molecular formula is C19H22ClNO6. The minimum atomic E-state index is -0.972. The van der Waals surface area contributed by atoms with Gasteiger partial charge >= 0.3 is 17.7 Å². The number of alkyl carbamates (subject to hydrolysis) is 1. The Balaban J connectivity index is 2.20. The molecule has 8 heteroatoms. The SMILES string of the molecule is CCc1cc(=O)oc2cc(OC(=O)C(C)NC(=O)OC(C)(C)C)c(Cl)cc12. The molecule has 1 aromatic carbocycles. The summed E-state index contributed by atoms with van der Waals surface area (Å²) in [6, 6.07) is 3.39. The van der Waals surface area contributed by atoms with Crippen molar-refractivity contribution in [2.24, 2.45) is 0 Å². The van der Waals surface area contributed by atoms with Crippen molar-refractivity contribution in [1.29, 1.82) is 0 Å². The van der Waals surface area contributed by atoms with E-state index in [1.165, 1.54) is 19.1 Å². The molecule has 1 atom stereocenters. The first kappa shape index (κ1) is 20.8. The van der Waals surface area contributed by atoms with Crippen molar-refractivity contribution in [2.75, 3.05) is 0 Å². The van der Waals surface area contributed by atoms with Crippen molar-refractivity contribution >= 4 is 34.6 Å². The quantitative estimate of drug-likeness (QED) is 0.480. The van der Waals surface area contributed by atoms with E-state index in [4.69, 9.17) is 25.5 Å². The van der Waals surface area contributed by atoms with E-state index in [0.717, 1.165) is 5.56 Å². The van der Waals surface area contributed by atoms with Gasteiger partial charge in [0.05, 0.1) is 5.02 Å². The maximum absolute atomic E-state index is 12.2. The fourth-order valence-corrected chi connectivity index (χ4v) is 2.54. The van der Waals surface area contributed by atoms with Gasteiger partial charge in [-0.2, -0.15) is 0 Å². The number of rotatable bonds is 4. The monoisotopic (exact) mass is 395 g/mol. The Morgan fingerprint density at radius 1 is 1.26 bits per heavy atom. The fourth-order valence-electron chi connectivity index (χ4n) is 2.34. The van der Waals surface area contributed by atoms with Gasteiger partial charge in [-0.1, -0.05) is 18.5 Å². The average molecular weight is 396 g/mol. The molecule has 146 valence electrons. The van der Waals surface area contributed by atoms with Crippen LogP contribution in [0.25, 0.3) is 11.0 Å². The molecule has 1 amide bonds. The number of ether oxygens (including phenoxy) is 2. The lowest BCUT2D eigenvalue weighted by atomic mass is 10.1. The topological polar surface area (TPSA) is 94.8 Å². The second-order valence-corrected chi connectivity index (χ2v) is 7.42. The van der Waals surface area contributed by atoms with Gasteiger partial charge in [0.15, 0.2) is 5.75 Å². The average Bonchev–Trinajstić information content (AvgIpc) is 2.53. The number of carbonyl (C=O) groups is 2. The van der Waals surface area contributed by atoms with E-state index in [-0.39, 0.29) is 16.4 Å². The highest BCUT2D eigenvalue weighted by molar-refractivity contribution is 6.33. The summed E-state index contributed by atoms with van der Waals surface area (Å²) in [5.41, 5.74) is -0.150. The van der Waals surface area contributed by atoms with Gasteiger partial charge in [-0.05, 0) is 45.7 Å². The summed E-state index contributed by atoms with van der Waals surface area (Å²) in [6.07, 6.45) is -0.121. The summed E-state index contributed by atoms with van der Waals surface area (Å²) in [7, 11) is 0. The van der Waals surface area contributed by atoms with E-state index in [0.29, 0.717) is 11.8 Å². The highest BCUT2D eigenvalue weighted by Crippen LogP contribution is 2.31. The molecule has 0 bridgehead atoms. The van der Waals surface area contributed by atoms with Crippen LogP contribution in [-0.4, -0.2) is 23.7 Å². The van der Waals surface area contributed by atoms with Crippen LogP contribution >= 0.6 is 11.6 Å². The Hall–Kier alpha value is -2.54. The van der Waals surface area contributed by atoms with E-state index in [1.807, 2.05) is 6.92 Å². The summed E-state index contributed by atoms with van der Waals surface area (Å²) < 4.78 is 15.5. The molecule has 0 aliphatic rings. The molecule has 1 unspecified atom stereocenters. The maximum Gasteiger partial charge on any atom is 0.408 e. The molecule has 1 aromatic heterocycles. The zero-order valence-corrected chi connectivity index (χ0v) is 16.6. The van der Waals surface area contributed by atoms with E-state index in [1.54, 1.807) is 26.8 Å². The Kier molecular flexibility index (Phi) is 6.15. The molecule has 1 N–H and O–H groups in total. The summed E-state index contributed by atoms with van der Waals surface area (Å²) in [6.45, 7) is 8.49. The van der Waals surface area contributed by atoms with E-state index >= 15 is 0 Å². The molecule has 0 radical (unpaired) electrons. The highest BCUT2D eigenvalue weighted by Gasteiger charge is 2.23. The zero-order chi connectivity index (χ0) is 20.4. The molecule has 0 aliphatic carbocycles. The third-order valence-electron chi connectivity index (χ3n) is 3.56. The molecule has 7 nitrogen and oxygen atoms in total. The molecule has 0 fully saturated rings. The smallest absolute Gasteiger partial charge is 0.408 e. The van der Waals surface area contributed by atoms with Crippen molar-refractivity contribution in [3.8, 4) is 5.75 Å². The number of aryl methyl sites for hydroxylation is 1. The highest BCUT2D eigenvalue weighted by atomic mass is 35.5. The van der Waals surface area contributed by atoms with Crippen LogP contribution in [-0.2, 0) is 16.0 Å². The standard InChI is InChI=1S/C19H22ClNO6/c1-6-11-7-16(22)25-14-9-15(13(20)8-12(11)14)26-17(23)10(2)21-18(24)27-19(3,4)5/h7-10H,6H2,1-5H3,(H,21,24). The Morgan fingerprint density at radius 2 is 1.93 bits per heavy atom. The predicted octanol–water partition coefficient (Wildman–Crippen LogP) is 3.83. The minimum absolute atomic E-state index is 0.0309. The lowest BCUT2D eigenvalue weighted by molar-refractivity contribution is -0.136. The van der Waals surface area contributed by atoms with Crippen LogP contribution in [0, 0.1) is 0 Å². The third kappa shape index (κ3) is 5.47. The van der Waals surface area contributed by atoms with Gasteiger partial charge < -0.3 is 19.2 Å². The summed E-state index contributed by atoms with van der Waals surface area (Å²) in [4.78, 5) is 35.7. The molecule has 2 aromatic rings. The number of benzene rings is 1. The summed E-state index contributed by atoms with van der Waals surface area (Å²) in [5, 5.41) is 3.24. The first-order valence-electron chi connectivity index (χ1n) is 8.47. The van der Waals surface area contributed by atoms with Crippen molar-refractivity contribution in [3.05, 3.63) is 39.2 Å². The van der Waals surface area contributed by atoms with Crippen LogP contribution in [0.1, 0.15) is 40.2 Å².